The summed E-state index contributed by atoms with van der Waals surface area (Å²) in [6.45, 7) is 0.822. The molecule has 1 aromatic heterocycles. The number of hydrogen-bond acceptors (Lipinski definition) is 5. The first-order chi connectivity index (χ1) is 9.94. The highest BCUT2D eigenvalue weighted by Crippen LogP contribution is 2.25. The first-order valence-corrected chi connectivity index (χ1v) is 8.87. The summed E-state index contributed by atoms with van der Waals surface area (Å²) in [5.74, 6) is 0. The van der Waals surface area contributed by atoms with Crippen LogP contribution in [0.2, 0.25) is 0 Å². The number of likely N-dealkylation sites (N-methyl/N-ethyl adjacent to an activating group) is 1. The van der Waals surface area contributed by atoms with E-state index < -0.39 is 10.0 Å². The fourth-order valence-electron chi connectivity index (χ4n) is 2.02. The normalized spacial score (nSPS) is 11.5. The van der Waals surface area contributed by atoms with Crippen molar-refractivity contribution in [3.05, 3.63) is 40.6 Å². The van der Waals surface area contributed by atoms with Gasteiger partial charge in [-0.3, -0.25) is 0 Å². The van der Waals surface area contributed by atoms with Crippen molar-refractivity contribution in [1.82, 2.24) is 4.72 Å². The zero-order chi connectivity index (χ0) is 15.5. The fraction of sp³-hybridized carbons (Fsp3) is 0.286. The lowest BCUT2D eigenvalue weighted by Crippen LogP contribution is -2.22. The smallest absolute Gasteiger partial charge is 0.240 e. The molecule has 114 valence electrons. The van der Waals surface area contributed by atoms with E-state index in [0.29, 0.717) is 5.69 Å². The number of anilines is 2. The summed E-state index contributed by atoms with van der Waals surface area (Å²) in [6, 6.07) is 8.94. The van der Waals surface area contributed by atoms with E-state index in [9.17, 15) is 8.42 Å². The van der Waals surface area contributed by atoms with E-state index in [1.54, 1.807) is 23.5 Å². The Kier molecular flexibility index (Phi) is 4.87. The van der Waals surface area contributed by atoms with Gasteiger partial charge < -0.3 is 10.6 Å². The van der Waals surface area contributed by atoms with E-state index in [2.05, 4.69) is 16.2 Å². The van der Waals surface area contributed by atoms with Gasteiger partial charge >= 0.3 is 0 Å². The van der Waals surface area contributed by atoms with Crippen molar-refractivity contribution < 1.29 is 8.42 Å². The Balaban J connectivity index is 2.13. The first-order valence-electron chi connectivity index (χ1n) is 6.50. The number of nitrogens with one attached hydrogen (secondary N) is 1. The summed E-state index contributed by atoms with van der Waals surface area (Å²) in [7, 11) is -0.126. The Labute approximate surface area is 129 Å². The molecule has 2 aromatic rings. The molecule has 0 fully saturated rings. The Hall–Kier alpha value is -1.57. The number of hydrogen-bond donors (Lipinski definition) is 2. The van der Waals surface area contributed by atoms with E-state index in [4.69, 9.17) is 5.73 Å². The van der Waals surface area contributed by atoms with Crippen molar-refractivity contribution in [2.75, 3.05) is 31.3 Å². The molecule has 0 atom stereocenters. The van der Waals surface area contributed by atoms with E-state index >= 15 is 0 Å². The topological polar surface area (TPSA) is 75.4 Å². The number of nitrogen functional groups attached to an aromatic ring is 1. The average molecular weight is 325 g/mol. The van der Waals surface area contributed by atoms with Gasteiger partial charge in [-0.1, -0.05) is 6.07 Å². The molecule has 3 N–H and O–H groups in total. The molecule has 0 unspecified atom stereocenters. The molecule has 0 aliphatic heterocycles. The Morgan fingerprint density at radius 1 is 1.33 bits per heavy atom. The summed E-state index contributed by atoms with van der Waals surface area (Å²) in [6.07, 6.45) is 0.935. The van der Waals surface area contributed by atoms with Crippen LogP contribution in [0, 0.1) is 0 Å². The van der Waals surface area contributed by atoms with Crippen LogP contribution in [0.15, 0.2) is 40.6 Å². The largest absolute Gasteiger partial charge is 0.397 e. The minimum Gasteiger partial charge on any atom is -0.397 e. The van der Waals surface area contributed by atoms with Gasteiger partial charge in [-0.05, 0) is 43.1 Å². The van der Waals surface area contributed by atoms with Gasteiger partial charge in [0.25, 0.3) is 0 Å². The zero-order valence-electron chi connectivity index (χ0n) is 12.0. The van der Waals surface area contributed by atoms with Crippen molar-refractivity contribution >= 4 is 32.7 Å². The van der Waals surface area contributed by atoms with Crippen molar-refractivity contribution in [1.29, 1.82) is 0 Å². The standard InChI is InChI=1S/C14H19N3O2S2/c1-16-21(18,19)12-5-6-14(13(15)10-12)17(2)8-7-11-4-3-9-20-11/h3-6,9-10,16H,7-8,15H2,1-2H3. The number of nitrogens with zero attached hydrogens (tertiary/aromatic N) is 1. The Morgan fingerprint density at radius 3 is 2.67 bits per heavy atom. The third kappa shape index (κ3) is 3.75. The van der Waals surface area contributed by atoms with Crippen LogP contribution < -0.4 is 15.4 Å². The monoisotopic (exact) mass is 325 g/mol. The van der Waals surface area contributed by atoms with Gasteiger partial charge in [-0.2, -0.15) is 0 Å². The fourth-order valence-corrected chi connectivity index (χ4v) is 3.48. The number of sulfonamides is 1. The van der Waals surface area contributed by atoms with Crippen LogP contribution in [-0.4, -0.2) is 29.1 Å². The Morgan fingerprint density at radius 2 is 2.10 bits per heavy atom. The van der Waals surface area contributed by atoms with Crippen LogP contribution in [-0.2, 0) is 16.4 Å². The molecular formula is C14H19N3O2S2. The number of rotatable bonds is 6. The highest BCUT2D eigenvalue weighted by Gasteiger charge is 2.14. The summed E-state index contributed by atoms with van der Waals surface area (Å²) in [4.78, 5) is 3.53. The minimum absolute atomic E-state index is 0.179. The van der Waals surface area contributed by atoms with Crippen molar-refractivity contribution in [2.45, 2.75) is 11.3 Å². The van der Waals surface area contributed by atoms with E-state index in [1.807, 2.05) is 18.0 Å². The summed E-state index contributed by atoms with van der Waals surface area (Å²) < 4.78 is 25.8. The molecule has 0 bridgehead atoms. The summed E-state index contributed by atoms with van der Waals surface area (Å²) >= 11 is 1.73. The van der Waals surface area contributed by atoms with Gasteiger partial charge in [0.2, 0.25) is 10.0 Å². The van der Waals surface area contributed by atoms with Crippen LogP contribution in [0.4, 0.5) is 11.4 Å². The van der Waals surface area contributed by atoms with Gasteiger partial charge in [0.05, 0.1) is 16.3 Å². The number of thiophene rings is 1. The molecule has 7 heteroatoms. The molecule has 0 radical (unpaired) electrons. The quantitative estimate of drug-likeness (QED) is 0.796. The predicted molar refractivity (Wildman–Crippen MR) is 88.4 cm³/mol. The summed E-state index contributed by atoms with van der Waals surface area (Å²) in [5.41, 5.74) is 7.28. The lowest BCUT2D eigenvalue weighted by Gasteiger charge is -2.21. The van der Waals surface area contributed by atoms with Gasteiger partial charge in [0.15, 0.2) is 0 Å². The Bertz CT molecular complexity index is 697. The molecule has 5 nitrogen and oxygen atoms in total. The molecule has 0 amide bonds. The van der Waals surface area contributed by atoms with Gasteiger partial charge in [-0.15, -0.1) is 11.3 Å². The van der Waals surface area contributed by atoms with E-state index in [-0.39, 0.29) is 4.90 Å². The van der Waals surface area contributed by atoms with Gasteiger partial charge in [-0.25, -0.2) is 13.1 Å². The second kappa shape index (κ2) is 6.46. The molecule has 0 saturated heterocycles. The molecule has 0 aliphatic carbocycles. The maximum absolute atomic E-state index is 11.7. The zero-order valence-corrected chi connectivity index (χ0v) is 13.7. The maximum atomic E-state index is 11.7. The van der Waals surface area contributed by atoms with E-state index in [1.165, 1.54) is 18.0 Å². The highest BCUT2D eigenvalue weighted by atomic mass is 32.2. The average Bonchev–Trinajstić information content (AvgIpc) is 2.98. The second-order valence-electron chi connectivity index (χ2n) is 4.68. The third-order valence-corrected chi connectivity index (χ3v) is 5.61. The van der Waals surface area contributed by atoms with E-state index in [0.717, 1.165) is 18.7 Å². The number of nitrogens with two attached hydrogens (primary N) is 1. The second-order valence-corrected chi connectivity index (χ2v) is 7.60. The maximum Gasteiger partial charge on any atom is 0.240 e. The van der Waals surface area contributed by atoms with Crippen LogP contribution >= 0.6 is 11.3 Å². The number of benzene rings is 1. The van der Waals surface area contributed by atoms with Crippen molar-refractivity contribution in [3.63, 3.8) is 0 Å². The van der Waals surface area contributed by atoms with Crippen LogP contribution in [0.3, 0.4) is 0 Å². The highest BCUT2D eigenvalue weighted by molar-refractivity contribution is 7.89. The SMILES string of the molecule is CNS(=O)(=O)c1ccc(N(C)CCc2cccs2)c(N)c1. The molecular weight excluding hydrogens is 306 g/mol. The van der Waals surface area contributed by atoms with Gasteiger partial charge in [0.1, 0.15) is 0 Å². The minimum atomic E-state index is -3.46. The van der Waals surface area contributed by atoms with Crippen LogP contribution in [0.1, 0.15) is 4.88 Å². The van der Waals surface area contributed by atoms with Crippen molar-refractivity contribution in [3.8, 4) is 0 Å². The lowest BCUT2D eigenvalue weighted by atomic mass is 10.2. The third-order valence-electron chi connectivity index (χ3n) is 3.26. The van der Waals surface area contributed by atoms with Crippen molar-refractivity contribution in [2.24, 2.45) is 0 Å². The molecule has 1 heterocycles. The predicted octanol–water partition coefficient (Wildman–Crippen LogP) is 1.92. The van der Waals surface area contributed by atoms with Gasteiger partial charge in [0, 0.05) is 18.5 Å². The van der Waals surface area contributed by atoms with Crippen LogP contribution in [0.25, 0.3) is 0 Å². The molecule has 0 saturated carbocycles. The molecule has 21 heavy (non-hydrogen) atoms. The summed E-state index contributed by atoms with van der Waals surface area (Å²) in [5, 5.41) is 2.06. The van der Waals surface area contributed by atoms with Crippen LogP contribution in [0.5, 0.6) is 0 Å². The first kappa shape index (κ1) is 15.8. The molecule has 0 spiro atoms. The molecule has 0 aliphatic rings. The molecule has 2 rings (SSSR count). The lowest BCUT2D eigenvalue weighted by molar-refractivity contribution is 0.588. The molecule has 1 aromatic carbocycles.